The Hall–Kier alpha value is -2.14. The minimum atomic E-state index is -0.127. The van der Waals surface area contributed by atoms with Crippen LogP contribution in [0.5, 0.6) is 0 Å². The number of benzene rings is 2. The highest BCUT2D eigenvalue weighted by atomic mass is 79.9. The van der Waals surface area contributed by atoms with Crippen LogP contribution in [0.15, 0.2) is 46.9 Å². The molecule has 2 aromatic carbocycles. The van der Waals surface area contributed by atoms with E-state index in [1.165, 1.54) is 6.92 Å². The number of carbonyl (C=O) groups is 2. The molecule has 1 N–H and O–H groups in total. The summed E-state index contributed by atoms with van der Waals surface area (Å²) >= 11 is 3.38. The van der Waals surface area contributed by atoms with E-state index in [1.807, 2.05) is 56.3 Å². The third-order valence-corrected chi connectivity index (χ3v) is 4.44. The molecule has 0 aliphatic rings. The van der Waals surface area contributed by atoms with Crippen molar-refractivity contribution in [3.8, 4) is 0 Å². The molecule has 0 unspecified atom stereocenters. The van der Waals surface area contributed by atoms with Gasteiger partial charge in [0.2, 0.25) is 5.91 Å². The zero-order chi connectivity index (χ0) is 17.7. The lowest BCUT2D eigenvalue weighted by Gasteiger charge is -2.21. The minimum Gasteiger partial charge on any atom is -0.350 e. The number of nitrogens with one attached hydrogen (secondary N) is 1. The number of halogens is 1. The summed E-state index contributed by atoms with van der Waals surface area (Å²) < 4.78 is 0.956. The van der Waals surface area contributed by atoms with Crippen molar-refractivity contribution < 1.29 is 9.59 Å². The first-order chi connectivity index (χ1) is 11.4. The van der Waals surface area contributed by atoms with Crippen LogP contribution in [0, 0.1) is 13.8 Å². The molecule has 0 bridgehead atoms. The average Bonchev–Trinajstić information content (AvgIpc) is 2.54. The summed E-state index contributed by atoms with van der Waals surface area (Å²) in [4.78, 5) is 25.7. The number of anilines is 1. The van der Waals surface area contributed by atoms with Gasteiger partial charge in [-0.05, 0) is 61.4 Å². The molecule has 126 valence electrons. The molecule has 0 saturated heterocycles. The molecule has 0 spiro atoms. The van der Waals surface area contributed by atoms with E-state index in [0.717, 1.165) is 21.3 Å². The van der Waals surface area contributed by atoms with Crippen LogP contribution in [0.3, 0.4) is 0 Å². The zero-order valence-electron chi connectivity index (χ0n) is 14.1. The summed E-state index contributed by atoms with van der Waals surface area (Å²) in [5.41, 5.74) is 3.69. The molecule has 0 aliphatic heterocycles. The van der Waals surface area contributed by atoms with Gasteiger partial charge < -0.3 is 10.2 Å². The number of hydrogen-bond acceptors (Lipinski definition) is 2. The molecule has 0 fully saturated rings. The predicted molar refractivity (Wildman–Crippen MR) is 100 cm³/mol. The van der Waals surface area contributed by atoms with Crippen LogP contribution in [-0.4, -0.2) is 24.9 Å². The topological polar surface area (TPSA) is 49.4 Å². The molecule has 5 heteroatoms. The molecule has 2 rings (SSSR count). The molecule has 0 atom stereocenters. The van der Waals surface area contributed by atoms with Gasteiger partial charge in [0.05, 0.1) is 0 Å². The van der Waals surface area contributed by atoms with E-state index < -0.39 is 0 Å². The van der Waals surface area contributed by atoms with E-state index in [1.54, 1.807) is 4.90 Å². The Morgan fingerprint density at radius 2 is 1.71 bits per heavy atom. The van der Waals surface area contributed by atoms with Crippen molar-refractivity contribution in [3.63, 3.8) is 0 Å². The van der Waals surface area contributed by atoms with Gasteiger partial charge in [-0.25, -0.2) is 0 Å². The summed E-state index contributed by atoms with van der Waals surface area (Å²) in [6.45, 7) is 6.33. The maximum Gasteiger partial charge on any atom is 0.251 e. The smallest absolute Gasteiger partial charge is 0.251 e. The van der Waals surface area contributed by atoms with Gasteiger partial charge in [0, 0.05) is 35.7 Å². The van der Waals surface area contributed by atoms with Gasteiger partial charge in [0.25, 0.3) is 5.91 Å². The summed E-state index contributed by atoms with van der Waals surface area (Å²) in [7, 11) is 0. The minimum absolute atomic E-state index is 0.0576. The van der Waals surface area contributed by atoms with Crippen molar-refractivity contribution >= 4 is 33.4 Å². The van der Waals surface area contributed by atoms with Crippen LogP contribution in [0.1, 0.15) is 28.4 Å². The van der Waals surface area contributed by atoms with Crippen molar-refractivity contribution in [2.75, 3.05) is 18.0 Å². The molecular weight excluding hydrogens is 368 g/mol. The first kappa shape index (κ1) is 18.2. The van der Waals surface area contributed by atoms with Gasteiger partial charge in [-0.1, -0.05) is 22.0 Å². The monoisotopic (exact) mass is 388 g/mol. The van der Waals surface area contributed by atoms with E-state index >= 15 is 0 Å². The summed E-state index contributed by atoms with van der Waals surface area (Å²) in [5, 5.41) is 2.87. The first-order valence-electron chi connectivity index (χ1n) is 7.77. The van der Waals surface area contributed by atoms with Crippen LogP contribution < -0.4 is 10.2 Å². The SMILES string of the molecule is CC(=O)N(CCNC(=O)c1ccc(C)c(C)c1)c1ccc(Br)cc1. The lowest BCUT2D eigenvalue weighted by molar-refractivity contribution is -0.116. The van der Waals surface area contributed by atoms with Crippen molar-refractivity contribution in [3.05, 3.63) is 63.6 Å². The van der Waals surface area contributed by atoms with Crippen molar-refractivity contribution in [2.24, 2.45) is 0 Å². The highest BCUT2D eigenvalue weighted by Crippen LogP contribution is 2.18. The predicted octanol–water partition coefficient (Wildman–Crippen LogP) is 3.85. The Balaban J connectivity index is 1.97. The molecule has 2 amide bonds. The molecule has 0 saturated carbocycles. The normalized spacial score (nSPS) is 10.3. The lowest BCUT2D eigenvalue weighted by atomic mass is 10.1. The van der Waals surface area contributed by atoms with E-state index in [0.29, 0.717) is 18.7 Å². The number of hydrogen-bond donors (Lipinski definition) is 1. The van der Waals surface area contributed by atoms with Crippen LogP contribution in [0.2, 0.25) is 0 Å². The fourth-order valence-corrected chi connectivity index (χ4v) is 2.62. The van der Waals surface area contributed by atoms with Gasteiger partial charge in [0.15, 0.2) is 0 Å². The van der Waals surface area contributed by atoms with Gasteiger partial charge in [-0.15, -0.1) is 0 Å². The third kappa shape index (κ3) is 4.68. The summed E-state index contributed by atoms with van der Waals surface area (Å²) in [6, 6.07) is 13.1. The molecule has 0 aromatic heterocycles. The van der Waals surface area contributed by atoms with Crippen LogP contribution in [0.25, 0.3) is 0 Å². The van der Waals surface area contributed by atoms with E-state index in [9.17, 15) is 9.59 Å². The van der Waals surface area contributed by atoms with E-state index in [-0.39, 0.29) is 11.8 Å². The van der Waals surface area contributed by atoms with Crippen LogP contribution >= 0.6 is 15.9 Å². The largest absolute Gasteiger partial charge is 0.350 e. The standard InChI is InChI=1S/C19H21BrN2O2/c1-13-4-5-16(12-14(13)2)19(24)21-10-11-22(15(3)23)18-8-6-17(20)7-9-18/h4-9,12H,10-11H2,1-3H3,(H,21,24). The second-order valence-electron chi connectivity index (χ2n) is 5.70. The zero-order valence-corrected chi connectivity index (χ0v) is 15.7. The number of rotatable bonds is 5. The highest BCUT2D eigenvalue weighted by molar-refractivity contribution is 9.10. The van der Waals surface area contributed by atoms with Crippen molar-refractivity contribution in [1.29, 1.82) is 0 Å². The maximum atomic E-state index is 12.2. The quantitative estimate of drug-likeness (QED) is 0.845. The maximum absolute atomic E-state index is 12.2. The molecule has 0 aliphatic carbocycles. The first-order valence-corrected chi connectivity index (χ1v) is 8.57. The molecule has 24 heavy (non-hydrogen) atoms. The Morgan fingerprint density at radius 3 is 2.29 bits per heavy atom. The van der Waals surface area contributed by atoms with Crippen molar-refractivity contribution in [1.82, 2.24) is 5.32 Å². The molecule has 4 nitrogen and oxygen atoms in total. The number of aryl methyl sites for hydroxylation is 2. The summed E-state index contributed by atoms with van der Waals surface area (Å²) in [6.07, 6.45) is 0. The fourth-order valence-electron chi connectivity index (χ4n) is 2.36. The molecular formula is C19H21BrN2O2. The molecule has 0 radical (unpaired) electrons. The molecule has 2 aromatic rings. The molecule has 0 heterocycles. The van der Waals surface area contributed by atoms with E-state index in [4.69, 9.17) is 0 Å². The van der Waals surface area contributed by atoms with Crippen molar-refractivity contribution in [2.45, 2.75) is 20.8 Å². The Bertz CT molecular complexity index is 742. The number of carbonyl (C=O) groups excluding carboxylic acids is 2. The summed E-state index contributed by atoms with van der Waals surface area (Å²) in [5.74, 6) is -0.185. The highest BCUT2D eigenvalue weighted by Gasteiger charge is 2.12. The second kappa shape index (κ2) is 8.11. The van der Waals surface area contributed by atoms with Gasteiger partial charge in [0.1, 0.15) is 0 Å². The Labute approximate surface area is 151 Å². The van der Waals surface area contributed by atoms with Crippen LogP contribution in [0.4, 0.5) is 5.69 Å². The third-order valence-electron chi connectivity index (χ3n) is 3.91. The van der Waals surface area contributed by atoms with Gasteiger partial charge in [-0.3, -0.25) is 9.59 Å². The Kier molecular flexibility index (Phi) is 6.15. The Morgan fingerprint density at radius 1 is 1.04 bits per heavy atom. The number of amides is 2. The van der Waals surface area contributed by atoms with Gasteiger partial charge in [-0.2, -0.15) is 0 Å². The van der Waals surface area contributed by atoms with Gasteiger partial charge >= 0.3 is 0 Å². The fraction of sp³-hybridized carbons (Fsp3) is 0.263. The lowest BCUT2D eigenvalue weighted by Crippen LogP contribution is -2.37. The van der Waals surface area contributed by atoms with E-state index in [2.05, 4.69) is 21.2 Å². The number of nitrogens with zero attached hydrogens (tertiary/aromatic N) is 1. The second-order valence-corrected chi connectivity index (χ2v) is 6.62. The van der Waals surface area contributed by atoms with Crippen LogP contribution in [-0.2, 0) is 4.79 Å². The average molecular weight is 389 g/mol.